The molecule has 0 radical (unpaired) electrons. The Hall–Kier alpha value is -4.18. The minimum Gasteiger partial charge on any atom is -0.325 e. The quantitative estimate of drug-likeness (QED) is 0.382. The zero-order valence-corrected chi connectivity index (χ0v) is 18.1. The average Bonchev–Trinajstić information content (AvgIpc) is 2.80. The molecule has 4 aromatic rings. The van der Waals surface area contributed by atoms with Gasteiger partial charge < -0.3 is 10.6 Å². The molecular weight excluding hydrogens is 396 g/mol. The van der Waals surface area contributed by atoms with Gasteiger partial charge in [-0.25, -0.2) is 0 Å². The summed E-state index contributed by atoms with van der Waals surface area (Å²) in [5.74, 6) is -0.315. The normalized spacial score (nSPS) is 10.4. The maximum atomic E-state index is 12.2. The molecule has 4 aromatic carbocycles. The van der Waals surface area contributed by atoms with Crippen molar-refractivity contribution in [2.45, 2.75) is 13.8 Å². The molecule has 0 aliphatic rings. The van der Waals surface area contributed by atoms with Gasteiger partial charge in [-0.15, -0.1) is 0 Å². The monoisotopic (exact) mass is 420 g/mol. The van der Waals surface area contributed by atoms with Crippen LogP contribution in [0.4, 0.5) is 11.4 Å². The molecule has 0 atom stereocenters. The third-order valence-electron chi connectivity index (χ3n) is 5.19. The van der Waals surface area contributed by atoms with Gasteiger partial charge in [-0.05, 0) is 11.1 Å². The first-order valence-corrected chi connectivity index (χ1v) is 10.5. The fourth-order valence-corrected chi connectivity index (χ4v) is 3.89. The number of hydrogen-bond acceptors (Lipinski definition) is 2. The first-order valence-electron chi connectivity index (χ1n) is 10.5. The molecule has 2 N–H and O–H groups in total. The molecule has 4 rings (SSSR count). The molecule has 0 aliphatic carbocycles. The lowest BCUT2D eigenvalue weighted by molar-refractivity contribution is -0.115. The smallest absolute Gasteiger partial charge is 0.221 e. The first-order chi connectivity index (χ1) is 15.5. The van der Waals surface area contributed by atoms with Crippen LogP contribution >= 0.6 is 0 Å². The van der Waals surface area contributed by atoms with Crippen molar-refractivity contribution in [2.24, 2.45) is 0 Å². The van der Waals surface area contributed by atoms with E-state index >= 15 is 0 Å². The van der Waals surface area contributed by atoms with Gasteiger partial charge in [0, 0.05) is 36.1 Å². The molecule has 0 bridgehead atoms. The molecule has 32 heavy (non-hydrogen) atoms. The predicted octanol–water partition coefficient (Wildman–Crippen LogP) is 6.60. The summed E-state index contributed by atoms with van der Waals surface area (Å²) in [6.45, 7) is 3.00. The zero-order chi connectivity index (χ0) is 22.5. The van der Waals surface area contributed by atoms with E-state index in [9.17, 15) is 9.59 Å². The van der Waals surface area contributed by atoms with E-state index in [2.05, 4.69) is 10.6 Å². The maximum absolute atomic E-state index is 12.2. The Kier molecular flexibility index (Phi) is 6.13. The molecule has 0 spiro atoms. The van der Waals surface area contributed by atoms with E-state index < -0.39 is 0 Å². The molecule has 0 saturated carbocycles. The zero-order valence-electron chi connectivity index (χ0n) is 18.1. The lowest BCUT2D eigenvalue weighted by atomic mass is 9.92. The van der Waals surface area contributed by atoms with E-state index in [4.69, 9.17) is 0 Å². The Morgan fingerprint density at radius 1 is 0.469 bits per heavy atom. The summed E-state index contributed by atoms with van der Waals surface area (Å²) in [6, 6.07) is 31.7. The van der Waals surface area contributed by atoms with E-state index in [0.717, 1.165) is 33.4 Å². The van der Waals surface area contributed by atoms with Crippen molar-refractivity contribution in [3.8, 4) is 33.4 Å². The van der Waals surface area contributed by atoms with Gasteiger partial charge in [-0.3, -0.25) is 9.59 Å². The Morgan fingerprint density at radius 2 is 0.812 bits per heavy atom. The van der Waals surface area contributed by atoms with E-state index in [0.29, 0.717) is 11.4 Å². The highest BCUT2D eigenvalue weighted by atomic mass is 16.2. The molecule has 0 saturated heterocycles. The van der Waals surface area contributed by atoms with Gasteiger partial charge >= 0.3 is 0 Å². The van der Waals surface area contributed by atoms with Gasteiger partial charge in [0.1, 0.15) is 0 Å². The fourth-order valence-electron chi connectivity index (χ4n) is 3.89. The molecule has 2 amide bonds. The number of nitrogens with one attached hydrogen (secondary N) is 2. The summed E-state index contributed by atoms with van der Waals surface area (Å²) in [5, 5.41) is 6.05. The number of carbonyl (C=O) groups excluding carboxylic acids is 2. The molecule has 0 heterocycles. The van der Waals surface area contributed by atoms with Crippen LogP contribution in [0.15, 0.2) is 97.1 Å². The molecular formula is C28H24N2O2. The van der Waals surface area contributed by atoms with Crippen molar-refractivity contribution in [3.63, 3.8) is 0 Å². The Labute approximate surface area is 187 Å². The van der Waals surface area contributed by atoms with Crippen molar-refractivity contribution in [2.75, 3.05) is 10.6 Å². The van der Waals surface area contributed by atoms with Crippen LogP contribution in [-0.4, -0.2) is 11.8 Å². The fraction of sp³-hybridized carbons (Fsp3) is 0.0714. The van der Waals surface area contributed by atoms with E-state index in [1.165, 1.54) is 13.8 Å². The number of rotatable bonds is 5. The molecule has 158 valence electrons. The summed E-state index contributed by atoms with van der Waals surface area (Å²) in [5.41, 5.74) is 6.92. The number of benzene rings is 4. The van der Waals surface area contributed by atoms with Gasteiger partial charge in [-0.2, -0.15) is 0 Å². The van der Waals surface area contributed by atoms with E-state index in [-0.39, 0.29) is 11.8 Å². The van der Waals surface area contributed by atoms with Crippen LogP contribution in [-0.2, 0) is 9.59 Å². The lowest BCUT2D eigenvalue weighted by Gasteiger charge is -2.20. The predicted molar refractivity (Wildman–Crippen MR) is 131 cm³/mol. The van der Waals surface area contributed by atoms with Crippen LogP contribution in [0.3, 0.4) is 0 Å². The number of amides is 2. The second-order valence-electron chi connectivity index (χ2n) is 7.55. The summed E-state index contributed by atoms with van der Waals surface area (Å²) >= 11 is 0. The molecule has 0 unspecified atom stereocenters. The standard InChI is InChI=1S/C28H24N2O2/c1-19(31)29-27-23(21-11-5-3-6-12-21)15-9-17-25(27)26-18-10-16-24(28(26)30-20(2)32)22-13-7-4-8-14-22/h3-18H,1-2H3,(H,29,31)(H,30,32). The van der Waals surface area contributed by atoms with Crippen molar-refractivity contribution in [3.05, 3.63) is 97.1 Å². The summed E-state index contributed by atoms with van der Waals surface area (Å²) < 4.78 is 0. The third-order valence-corrected chi connectivity index (χ3v) is 5.19. The van der Waals surface area contributed by atoms with Crippen molar-refractivity contribution in [1.29, 1.82) is 0 Å². The summed E-state index contributed by atoms with van der Waals surface area (Å²) in [7, 11) is 0. The minimum absolute atomic E-state index is 0.157. The van der Waals surface area contributed by atoms with Crippen LogP contribution < -0.4 is 10.6 Å². The van der Waals surface area contributed by atoms with E-state index in [1.807, 2.05) is 97.1 Å². The van der Waals surface area contributed by atoms with Crippen LogP contribution in [0.5, 0.6) is 0 Å². The molecule has 0 aromatic heterocycles. The van der Waals surface area contributed by atoms with Crippen molar-refractivity contribution < 1.29 is 9.59 Å². The van der Waals surface area contributed by atoms with Crippen LogP contribution in [0.2, 0.25) is 0 Å². The minimum atomic E-state index is -0.157. The number of carbonyl (C=O) groups is 2. The maximum Gasteiger partial charge on any atom is 0.221 e. The first kappa shape index (κ1) is 21.1. The highest BCUT2D eigenvalue weighted by Gasteiger charge is 2.18. The highest BCUT2D eigenvalue weighted by Crippen LogP contribution is 2.43. The van der Waals surface area contributed by atoms with Gasteiger partial charge in [0.05, 0.1) is 11.4 Å². The average molecular weight is 421 g/mol. The second kappa shape index (κ2) is 9.31. The summed E-state index contributed by atoms with van der Waals surface area (Å²) in [4.78, 5) is 24.3. The SMILES string of the molecule is CC(=O)Nc1c(-c2ccccc2)cccc1-c1cccc(-c2ccccc2)c1NC(C)=O. The lowest BCUT2D eigenvalue weighted by Crippen LogP contribution is -2.11. The van der Waals surface area contributed by atoms with Crippen molar-refractivity contribution >= 4 is 23.2 Å². The molecule has 4 nitrogen and oxygen atoms in total. The number of hydrogen-bond donors (Lipinski definition) is 2. The van der Waals surface area contributed by atoms with Crippen LogP contribution in [0, 0.1) is 0 Å². The Morgan fingerprint density at radius 3 is 1.16 bits per heavy atom. The molecule has 4 heteroatoms. The highest BCUT2D eigenvalue weighted by molar-refractivity contribution is 6.06. The Bertz CT molecular complexity index is 1160. The van der Waals surface area contributed by atoms with Crippen LogP contribution in [0.1, 0.15) is 13.8 Å². The van der Waals surface area contributed by atoms with Crippen molar-refractivity contribution in [1.82, 2.24) is 0 Å². The number of para-hydroxylation sites is 2. The second-order valence-corrected chi connectivity index (χ2v) is 7.55. The molecule has 0 fully saturated rings. The van der Waals surface area contributed by atoms with Crippen LogP contribution in [0.25, 0.3) is 33.4 Å². The number of anilines is 2. The molecule has 0 aliphatic heterocycles. The largest absolute Gasteiger partial charge is 0.325 e. The van der Waals surface area contributed by atoms with Gasteiger partial charge in [0.15, 0.2) is 0 Å². The van der Waals surface area contributed by atoms with E-state index in [1.54, 1.807) is 0 Å². The van der Waals surface area contributed by atoms with Gasteiger partial charge in [0.25, 0.3) is 0 Å². The third kappa shape index (κ3) is 4.44. The topological polar surface area (TPSA) is 58.2 Å². The summed E-state index contributed by atoms with van der Waals surface area (Å²) in [6.07, 6.45) is 0. The van der Waals surface area contributed by atoms with Gasteiger partial charge in [-0.1, -0.05) is 97.1 Å². The van der Waals surface area contributed by atoms with Gasteiger partial charge in [0.2, 0.25) is 11.8 Å². The Balaban J connectivity index is 1.99.